The summed E-state index contributed by atoms with van der Waals surface area (Å²) >= 11 is 6.70. The number of amides is 3. The highest BCUT2D eigenvalue weighted by molar-refractivity contribution is 9.10. The summed E-state index contributed by atoms with van der Waals surface area (Å²) in [6.45, 7) is 3.90. The summed E-state index contributed by atoms with van der Waals surface area (Å²) in [5, 5.41) is 9.03. The summed E-state index contributed by atoms with van der Waals surface area (Å²) < 4.78 is 7.20. The van der Waals surface area contributed by atoms with Crippen molar-refractivity contribution in [1.29, 1.82) is 0 Å². The van der Waals surface area contributed by atoms with Gasteiger partial charge in [0.15, 0.2) is 0 Å². The molecule has 0 aliphatic rings. The first-order chi connectivity index (χ1) is 16.9. The lowest BCUT2D eigenvalue weighted by Crippen LogP contribution is -2.33. The van der Waals surface area contributed by atoms with E-state index in [9.17, 15) is 14.4 Å². The summed E-state index contributed by atoms with van der Waals surface area (Å²) in [5.41, 5.74) is 3.70. The van der Waals surface area contributed by atoms with Crippen LogP contribution in [-0.4, -0.2) is 30.5 Å². The van der Waals surface area contributed by atoms with Gasteiger partial charge in [0.05, 0.1) is 17.5 Å². The van der Waals surface area contributed by atoms with Gasteiger partial charge in [0, 0.05) is 20.2 Å². The van der Waals surface area contributed by atoms with E-state index in [0.717, 1.165) is 8.95 Å². The molecule has 0 aromatic heterocycles. The van der Waals surface area contributed by atoms with Crippen LogP contribution in [0.25, 0.3) is 0 Å². The molecule has 3 rings (SSSR count). The van der Waals surface area contributed by atoms with Crippen LogP contribution in [0.3, 0.4) is 0 Å². The number of rotatable bonds is 8. The van der Waals surface area contributed by atoms with E-state index < -0.39 is 17.7 Å². The molecule has 0 atom stereocenters. The van der Waals surface area contributed by atoms with Gasteiger partial charge in [0.2, 0.25) is 0 Å². The lowest BCUT2D eigenvalue weighted by atomic mass is 10.1. The van der Waals surface area contributed by atoms with Crippen molar-refractivity contribution in [3.8, 4) is 5.75 Å². The van der Waals surface area contributed by atoms with Crippen molar-refractivity contribution in [2.24, 2.45) is 5.10 Å². The predicted octanol–water partition coefficient (Wildman–Crippen LogP) is 5.12. The van der Waals surface area contributed by atoms with E-state index in [4.69, 9.17) is 4.74 Å². The number of halogens is 2. The molecule has 0 spiro atoms. The highest BCUT2D eigenvalue weighted by atomic mass is 79.9. The SMILES string of the molecule is C=CCOc1ccc(Br)cc1/C=N\NC(=O)C(=O)Nc1ccccc1C(=O)Nc1ccc(Br)cc1. The number of nitrogens with one attached hydrogen (secondary N) is 3. The second kappa shape index (κ2) is 12.6. The van der Waals surface area contributed by atoms with Crippen LogP contribution in [0.2, 0.25) is 0 Å². The Morgan fingerprint density at radius 3 is 2.37 bits per heavy atom. The molecule has 3 amide bonds. The fourth-order valence-electron chi connectivity index (χ4n) is 2.81. The number of hydrazone groups is 1. The molecule has 178 valence electrons. The largest absolute Gasteiger partial charge is 0.489 e. The minimum absolute atomic E-state index is 0.179. The van der Waals surface area contributed by atoms with Gasteiger partial charge in [0.1, 0.15) is 12.4 Å². The molecule has 3 aromatic rings. The van der Waals surface area contributed by atoms with Crippen molar-refractivity contribution in [2.45, 2.75) is 0 Å². The fourth-order valence-corrected chi connectivity index (χ4v) is 3.46. The van der Waals surface area contributed by atoms with Crippen molar-refractivity contribution in [3.63, 3.8) is 0 Å². The average molecular weight is 600 g/mol. The number of anilines is 2. The molecule has 0 unspecified atom stereocenters. The second-order valence-electron chi connectivity index (χ2n) is 6.94. The molecule has 0 saturated carbocycles. The molecule has 0 aliphatic carbocycles. The van der Waals surface area contributed by atoms with Crippen LogP contribution in [0.15, 0.2) is 93.4 Å². The summed E-state index contributed by atoms with van der Waals surface area (Å²) in [7, 11) is 0. The van der Waals surface area contributed by atoms with Crippen molar-refractivity contribution in [1.82, 2.24) is 5.43 Å². The van der Waals surface area contributed by atoms with Gasteiger partial charge in [-0.3, -0.25) is 14.4 Å². The maximum absolute atomic E-state index is 12.7. The molecule has 0 saturated heterocycles. The van der Waals surface area contributed by atoms with Gasteiger partial charge in [-0.05, 0) is 54.6 Å². The quantitative estimate of drug-likeness (QED) is 0.145. The van der Waals surface area contributed by atoms with Gasteiger partial charge in [0.25, 0.3) is 5.91 Å². The number of carbonyl (C=O) groups excluding carboxylic acids is 3. The molecule has 8 nitrogen and oxygen atoms in total. The van der Waals surface area contributed by atoms with Crippen LogP contribution in [0, 0.1) is 0 Å². The minimum atomic E-state index is -1.01. The van der Waals surface area contributed by atoms with E-state index in [2.05, 4.69) is 59.6 Å². The predicted molar refractivity (Wildman–Crippen MR) is 143 cm³/mol. The Balaban J connectivity index is 1.65. The third-order valence-corrected chi connectivity index (χ3v) is 5.45. The molecule has 35 heavy (non-hydrogen) atoms. The normalized spacial score (nSPS) is 10.5. The van der Waals surface area contributed by atoms with Crippen LogP contribution in [0.5, 0.6) is 5.75 Å². The zero-order chi connectivity index (χ0) is 25.2. The first kappa shape index (κ1) is 25.9. The van der Waals surface area contributed by atoms with E-state index in [1.807, 2.05) is 0 Å². The van der Waals surface area contributed by atoms with Crippen LogP contribution < -0.4 is 20.8 Å². The number of ether oxygens (including phenoxy) is 1. The summed E-state index contributed by atoms with van der Waals surface area (Å²) in [5.74, 6) is -1.90. The Hall–Kier alpha value is -3.76. The maximum Gasteiger partial charge on any atom is 0.329 e. The smallest absolute Gasteiger partial charge is 0.329 e. The summed E-state index contributed by atoms with van der Waals surface area (Å²) in [6, 6.07) is 18.7. The van der Waals surface area contributed by atoms with E-state index in [1.54, 1.807) is 60.7 Å². The molecule has 0 radical (unpaired) electrons. The zero-order valence-corrected chi connectivity index (χ0v) is 21.4. The monoisotopic (exact) mass is 598 g/mol. The Morgan fingerprint density at radius 2 is 1.63 bits per heavy atom. The lowest BCUT2D eigenvalue weighted by molar-refractivity contribution is -0.136. The zero-order valence-electron chi connectivity index (χ0n) is 18.3. The highest BCUT2D eigenvalue weighted by Gasteiger charge is 2.18. The van der Waals surface area contributed by atoms with Gasteiger partial charge in [-0.1, -0.05) is 56.6 Å². The third-order valence-electron chi connectivity index (χ3n) is 4.43. The van der Waals surface area contributed by atoms with Gasteiger partial charge in [-0.2, -0.15) is 5.10 Å². The standard InChI is InChI=1S/C25H20Br2N4O4/c1-2-13-35-22-12-9-18(27)14-16(22)15-28-31-25(34)24(33)30-21-6-4-3-5-20(21)23(32)29-19-10-7-17(26)8-11-19/h2-12,14-15H,1,13H2,(H,29,32)(H,30,33)(H,31,34)/b28-15-. The number of hydrogen-bond acceptors (Lipinski definition) is 5. The van der Waals surface area contributed by atoms with E-state index in [1.165, 1.54) is 18.3 Å². The maximum atomic E-state index is 12.7. The first-order valence-electron chi connectivity index (χ1n) is 10.2. The van der Waals surface area contributed by atoms with E-state index in [0.29, 0.717) is 23.6 Å². The Morgan fingerprint density at radius 1 is 0.914 bits per heavy atom. The molecule has 10 heteroatoms. The Bertz CT molecular complexity index is 1280. The van der Waals surface area contributed by atoms with Gasteiger partial charge >= 0.3 is 11.8 Å². The van der Waals surface area contributed by atoms with E-state index in [-0.39, 0.29) is 11.3 Å². The van der Waals surface area contributed by atoms with Crippen molar-refractivity contribution in [2.75, 3.05) is 17.2 Å². The average Bonchev–Trinajstić information content (AvgIpc) is 2.85. The molecular weight excluding hydrogens is 580 g/mol. The van der Waals surface area contributed by atoms with Crippen LogP contribution in [0.1, 0.15) is 15.9 Å². The number of para-hydroxylation sites is 1. The minimum Gasteiger partial charge on any atom is -0.489 e. The number of benzene rings is 3. The molecule has 0 heterocycles. The molecule has 0 fully saturated rings. The fraction of sp³-hybridized carbons (Fsp3) is 0.0400. The van der Waals surface area contributed by atoms with E-state index >= 15 is 0 Å². The lowest BCUT2D eigenvalue weighted by Gasteiger charge is -2.11. The molecule has 3 N–H and O–H groups in total. The highest BCUT2D eigenvalue weighted by Crippen LogP contribution is 2.22. The molecular formula is C25H20Br2N4O4. The van der Waals surface area contributed by atoms with Crippen LogP contribution in [0.4, 0.5) is 11.4 Å². The van der Waals surface area contributed by atoms with Gasteiger partial charge in [-0.15, -0.1) is 0 Å². The Kier molecular flexibility index (Phi) is 9.33. The number of hydrogen-bond donors (Lipinski definition) is 3. The molecule has 0 bridgehead atoms. The summed E-state index contributed by atoms with van der Waals surface area (Å²) in [6.07, 6.45) is 2.96. The van der Waals surface area contributed by atoms with Crippen LogP contribution >= 0.6 is 31.9 Å². The summed E-state index contributed by atoms with van der Waals surface area (Å²) in [4.78, 5) is 37.4. The van der Waals surface area contributed by atoms with Crippen molar-refractivity contribution < 1.29 is 19.1 Å². The van der Waals surface area contributed by atoms with Crippen molar-refractivity contribution in [3.05, 3.63) is 99.5 Å². The van der Waals surface area contributed by atoms with Crippen molar-refractivity contribution >= 4 is 67.2 Å². The topological polar surface area (TPSA) is 109 Å². The first-order valence-corrected chi connectivity index (χ1v) is 11.8. The number of carbonyl (C=O) groups is 3. The second-order valence-corrected chi connectivity index (χ2v) is 8.77. The Labute approximate surface area is 218 Å². The van der Waals surface area contributed by atoms with Gasteiger partial charge < -0.3 is 15.4 Å². The van der Waals surface area contributed by atoms with Crippen LogP contribution in [-0.2, 0) is 9.59 Å². The van der Waals surface area contributed by atoms with Gasteiger partial charge in [-0.25, -0.2) is 5.43 Å². The number of nitrogens with zero attached hydrogens (tertiary/aromatic N) is 1. The molecule has 3 aromatic carbocycles. The third kappa shape index (κ3) is 7.62. The molecule has 0 aliphatic heterocycles.